The van der Waals surface area contributed by atoms with Gasteiger partial charge in [-0.05, 0) is 48.0 Å². The van der Waals surface area contributed by atoms with Crippen LogP contribution < -0.4 is 19.1 Å². The molecule has 1 amide bonds. The average Bonchev–Trinajstić information content (AvgIpc) is 2.84. The molecule has 0 aliphatic rings. The quantitative estimate of drug-likeness (QED) is 0.349. The second-order valence-corrected chi connectivity index (χ2v) is 10.3. The Morgan fingerprint density at radius 1 is 1.03 bits per heavy atom. The number of hydrogen-bond acceptors (Lipinski definition) is 5. The Morgan fingerprint density at radius 3 is 2.32 bits per heavy atom. The molecule has 0 heterocycles. The van der Waals surface area contributed by atoms with Crippen LogP contribution in [0.5, 0.6) is 11.5 Å². The van der Waals surface area contributed by atoms with E-state index < -0.39 is 33.4 Å². The number of ether oxygens (including phenoxy) is 2. The SMILES string of the molecule is COc1cccc(OCCNC(=O)c2ccc(CN(c3ccc(Cl)cc3C(F)(F)F)S(C)(=O)=O)cc2)c1. The summed E-state index contributed by atoms with van der Waals surface area (Å²) in [5, 5.41) is 2.53. The molecular weight excluding hydrogens is 533 g/mol. The molecule has 0 radical (unpaired) electrons. The number of methoxy groups -OCH3 is 1. The molecule has 12 heteroatoms. The third-order valence-electron chi connectivity index (χ3n) is 5.17. The zero-order valence-electron chi connectivity index (χ0n) is 19.9. The first-order chi connectivity index (χ1) is 17.4. The van der Waals surface area contributed by atoms with Gasteiger partial charge in [0.05, 0.1) is 37.7 Å². The van der Waals surface area contributed by atoms with Crippen molar-refractivity contribution in [2.75, 3.05) is 30.8 Å². The Labute approximate surface area is 217 Å². The fourth-order valence-electron chi connectivity index (χ4n) is 3.39. The van der Waals surface area contributed by atoms with Crippen molar-refractivity contribution in [1.82, 2.24) is 5.32 Å². The van der Waals surface area contributed by atoms with Crippen molar-refractivity contribution in [3.63, 3.8) is 0 Å². The normalized spacial score (nSPS) is 11.6. The van der Waals surface area contributed by atoms with E-state index >= 15 is 0 Å². The molecule has 7 nitrogen and oxygen atoms in total. The van der Waals surface area contributed by atoms with Crippen LogP contribution in [0.15, 0.2) is 66.7 Å². The van der Waals surface area contributed by atoms with Gasteiger partial charge < -0.3 is 14.8 Å². The van der Waals surface area contributed by atoms with Gasteiger partial charge in [0.15, 0.2) is 0 Å². The molecule has 0 aromatic heterocycles. The van der Waals surface area contributed by atoms with Crippen molar-refractivity contribution in [2.45, 2.75) is 12.7 Å². The molecule has 0 aliphatic carbocycles. The first-order valence-electron chi connectivity index (χ1n) is 10.9. The standard InChI is InChI=1S/C25H24ClF3N2O5S/c1-35-20-4-3-5-21(15-20)36-13-12-30-24(32)18-8-6-17(7-9-18)16-31(37(2,33)34)23-11-10-19(26)14-22(23)25(27,28)29/h3-11,14-15H,12-13,16H2,1-2H3,(H,30,32). The third kappa shape index (κ3) is 7.77. The number of anilines is 1. The van der Waals surface area contributed by atoms with E-state index in [4.69, 9.17) is 21.1 Å². The highest BCUT2D eigenvalue weighted by Crippen LogP contribution is 2.39. The van der Waals surface area contributed by atoms with E-state index in [2.05, 4.69) is 5.32 Å². The second-order valence-electron chi connectivity index (χ2n) is 7.91. The topological polar surface area (TPSA) is 84.9 Å². The van der Waals surface area contributed by atoms with Crippen LogP contribution in [-0.2, 0) is 22.7 Å². The van der Waals surface area contributed by atoms with E-state index in [1.165, 1.54) is 30.3 Å². The van der Waals surface area contributed by atoms with E-state index in [1.54, 1.807) is 31.4 Å². The highest BCUT2D eigenvalue weighted by molar-refractivity contribution is 7.92. The Hall–Kier alpha value is -3.44. The predicted molar refractivity (Wildman–Crippen MR) is 135 cm³/mol. The number of rotatable bonds is 10. The summed E-state index contributed by atoms with van der Waals surface area (Å²) in [6.07, 6.45) is -4.00. The molecule has 0 fully saturated rings. The minimum Gasteiger partial charge on any atom is -0.497 e. The van der Waals surface area contributed by atoms with E-state index in [1.807, 2.05) is 0 Å². The Kier molecular flexibility index (Phi) is 8.93. The van der Waals surface area contributed by atoms with Crippen LogP contribution in [0.3, 0.4) is 0 Å². The average molecular weight is 557 g/mol. The maximum absolute atomic E-state index is 13.6. The number of carbonyl (C=O) groups excluding carboxylic acids is 1. The third-order valence-corrected chi connectivity index (χ3v) is 6.53. The molecule has 0 saturated carbocycles. The van der Waals surface area contributed by atoms with Gasteiger partial charge in [0.2, 0.25) is 10.0 Å². The van der Waals surface area contributed by atoms with Crippen LogP contribution in [0.1, 0.15) is 21.5 Å². The molecule has 0 aliphatic heterocycles. The number of benzene rings is 3. The van der Waals surface area contributed by atoms with Crippen LogP contribution >= 0.6 is 11.6 Å². The number of nitrogens with zero attached hydrogens (tertiary/aromatic N) is 1. The Balaban J connectivity index is 1.66. The lowest BCUT2D eigenvalue weighted by molar-refractivity contribution is -0.137. The molecule has 0 spiro atoms. The van der Waals surface area contributed by atoms with E-state index in [0.29, 0.717) is 33.0 Å². The summed E-state index contributed by atoms with van der Waals surface area (Å²) >= 11 is 5.72. The van der Waals surface area contributed by atoms with Crippen LogP contribution in [0.4, 0.5) is 18.9 Å². The molecule has 3 aromatic rings. The van der Waals surface area contributed by atoms with Crippen molar-refractivity contribution in [1.29, 1.82) is 0 Å². The number of alkyl halides is 3. The monoisotopic (exact) mass is 556 g/mol. The summed E-state index contributed by atoms with van der Waals surface area (Å²) in [5.74, 6) is 0.835. The summed E-state index contributed by atoms with van der Waals surface area (Å²) < 4.78 is 76.9. The molecule has 3 rings (SSSR count). The van der Waals surface area contributed by atoms with Gasteiger partial charge in [-0.1, -0.05) is 29.8 Å². The minimum absolute atomic E-state index is 0.172. The molecule has 1 N–H and O–H groups in total. The Morgan fingerprint density at radius 2 is 1.70 bits per heavy atom. The maximum atomic E-state index is 13.6. The van der Waals surface area contributed by atoms with Crippen molar-refractivity contribution in [2.24, 2.45) is 0 Å². The second kappa shape index (κ2) is 11.7. The summed E-state index contributed by atoms with van der Waals surface area (Å²) in [7, 11) is -2.55. The first kappa shape index (κ1) is 28.1. The van der Waals surface area contributed by atoms with Crippen molar-refractivity contribution in [3.05, 3.63) is 88.4 Å². The van der Waals surface area contributed by atoms with Crippen LogP contribution in [0, 0.1) is 0 Å². The van der Waals surface area contributed by atoms with Gasteiger partial charge in [-0.3, -0.25) is 9.10 Å². The van der Waals surface area contributed by atoms with Gasteiger partial charge in [0, 0.05) is 16.7 Å². The molecule has 3 aromatic carbocycles. The lowest BCUT2D eigenvalue weighted by atomic mass is 10.1. The van der Waals surface area contributed by atoms with Gasteiger partial charge in [0.1, 0.15) is 18.1 Å². The number of nitrogens with one attached hydrogen (secondary N) is 1. The van der Waals surface area contributed by atoms with Gasteiger partial charge in [-0.2, -0.15) is 13.2 Å². The summed E-state index contributed by atoms with van der Waals surface area (Å²) in [6, 6.07) is 15.8. The van der Waals surface area contributed by atoms with E-state index in [0.717, 1.165) is 12.3 Å². The van der Waals surface area contributed by atoms with E-state index in [-0.39, 0.29) is 24.7 Å². The van der Waals surface area contributed by atoms with Crippen molar-refractivity contribution < 1.29 is 35.9 Å². The van der Waals surface area contributed by atoms with Crippen molar-refractivity contribution >= 4 is 33.2 Å². The molecule has 0 saturated heterocycles. The number of hydrogen-bond donors (Lipinski definition) is 1. The highest BCUT2D eigenvalue weighted by Gasteiger charge is 2.37. The predicted octanol–water partition coefficient (Wildman–Crippen LogP) is 5.14. The molecule has 0 unspecified atom stereocenters. The number of sulfonamides is 1. The fourth-order valence-corrected chi connectivity index (χ4v) is 4.46. The van der Waals surface area contributed by atoms with Crippen LogP contribution in [-0.4, -0.2) is 40.8 Å². The number of carbonyl (C=O) groups is 1. The fraction of sp³-hybridized carbons (Fsp3) is 0.240. The first-order valence-corrected chi connectivity index (χ1v) is 13.1. The molecule has 37 heavy (non-hydrogen) atoms. The Bertz CT molecular complexity index is 1350. The molecule has 0 atom stereocenters. The minimum atomic E-state index is -4.82. The summed E-state index contributed by atoms with van der Waals surface area (Å²) in [4.78, 5) is 12.4. The number of amides is 1. The molecule has 0 bridgehead atoms. The van der Waals surface area contributed by atoms with Gasteiger partial charge in [-0.15, -0.1) is 0 Å². The highest BCUT2D eigenvalue weighted by atomic mass is 35.5. The van der Waals surface area contributed by atoms with Gasteiger partial charge >= 0.3 is 6.18 Å². The van der Waals surface area contributed by atoms with E-state index in [9.17, 15) is 26.4 Å². The molecular formula is C25H24ClF3N2O5S. The largest absolute Gasteiger partial charge is 0.497 e. The smallest absolute Gasteiger partial charge is 0.418 e. The summed E-state index contributed by atoms with van der Waals surface area (Å²) in [6.45, 7) is 0.0548. The number of halogens is 4. The zero-order chi connectivity index (χ0) is 27.2. The summed E-state index contributed by atoms with van der Waals surface area (Å²) in [5.41, 5.74) is -1.04. The zero-order valence-corrected chi connectivity index (χ0v) is 21.5. The lowest BCUT2D eigenvalue weighted by Gasteiger charge is -2.26. The van der Waals surface area contributed by atoms with Gasteiger partial charge in [-0.25, -0.2) is 8.42 Å². The molecule has 198 valence electrons. The van der Waals surface area contributed by atoms with Crippen LogP contribution in [0.2, 0.25) is 5.02 Å². The lowest BCUT2D eigenvalue weighted by Crippen LogP contribution is -2.31. The van der Waals surface area contributed by atoms with Crippen molar-refractivity contribution in [3.8, 4) is 11.5 Å². The van der Waals surface area contributed by atoms with Crippen LogP contribution in [0.25, 0.3) is 0 Å². The van der Waals surface area contributed by atoms with Gasteiger partial charge in [0.25, 0.3) is 5.91 Å². The maximum Gasteiger partial charge on any atom is 0.418 e.